The molecule has 1 aliphatic heterocycles. The second kappa shape index (κ2) is 4.05. The third-order valence-electron chi connectivity index (χ3n) is 2.56. The zero-order chi connectivity index (χ0) is 9.97. The van der Waals surface area contributed by atoms with Crippen LogP contribution in [0.3, 0.4) is 0 Å². The highest BCUT2D eigenvalue weighted by Gasteiger charge is 2.21. The van der Waals surface area contributed by atoms with Gasteiger partial charge in [0.1, 0.15) is 0 Å². The molecule has 0 aliphatic carbocycles. The average molecular weight is 208 g/mol. The molecule has 2 rings (SSSR count). The normalized spacial score (nSPS) is 21.0. The van der Waals surface area contributed by atoms with E-state index in [-0.39, 0.29) is 0 Å². The Morgan fingerprint density at radius 3 is 2.86 bits per heavy atom. The van der Waals surface area contributed by atoms with Crippen LogP contribution in [0.5, 0.6) is 0 Å². The number of carboxylic acid groups (broad SMARTS) is 1. The Kier molecular flexibility index (Phi) is 2.77. The fourth-order valence-electron chi connectivity index (χ4n) is 1.83. The van der Waals surface area contributed by atoms with Crippen LogP contribution in [0.2, 0.25) is 0 Å². The van der Waals surface area contributed by atoms with Crippen LogP contribution in [-0.4, -0.2) is 22.6 Å². The van der Waals surface area contributed by atoms with Crippen molar-refractivity contribution in [2.45, 2.75) is 12.3 Å². The topological polar surface area (TPSA) is 37.3 Å². The highest BCUT2D eigenvalue weighted by atomic mass is 32.2. The van der Waals surface area contributed by atoms with Gasteiger partial charge in [-0.1, -0.05) is 18.2 Å². The predicted molar refractivity (Wildman–Crippen MR) is 58.1 cm³/mol. The van der Waals surface area contributed by atoms with Crippen molar-refractivity contribution in [2.75, 3.05) is 11.5 Å². The number of aromatic carboxylic acids is 1. The van der Waals surface area contributed by atoms with Crippen LogP contribution in [0.1, 0.15) is 28.3 Å². The van der Waals surface area contributed by atoms with Gasteiger partial charge >= 0.3 is 5.97 Å². The van der Waals surface area contributed by atoms with E-state index in [4.69, 9.17) is 5.11 Å². The van der Waals surface area contributed by atoms with Gasteiger partial charge in [-0.05, 0) is 29.7 Å². The van der Waals surface area contributed by atoms with E-state index < -0.39 is 5.97 Å². The summed E-state index contributed by atoms with van der Waals surface area (Å²) in [5.74, 6) is 1.84. The molecule has 1 aliphatic rings. The number of carboxylic acids is 1. The summed E-state index contributed by atoms with van der Waals surface area (Å²) in [5, 5.41) is 9.02. The zero-order valence-electron chi connectivity index (χ0n) is 7.77. The molecule has 14 heavy (non-hydrogen) atoms. The van der Waals surface area contributed by atoms with Gasteiger partial charge in [-0.25, -0.2) is 4.79 Å². The maximum atomic E-state index is 11.0. The molecule has 1 aromatic rings. The largest absolute Gasteiger partial charge is 0.478 e. The summed E-state index contributed by atoms with van der Waals surface area (Å²) in [6.45, 7) is 0. The molecule has 3 heteroatoms. The molecule has 1 saturated heterocycles. The van der Waals surface area contributed by atoms with Crippen LogP contribution in [0, 0.1) is 0 Å². The lowest BCUT2D eigenvalue weighted by atomic mass is 9.94. The van der Waals surface area contributed by atoms with Crippen LogP contribution in [0.4, 0.5) is 0 Å². The Morgan fingerprint density at radius 1 is 1.43 bits per heavy atom. The number of carbonyl (C=O) groups is 1. The summed E-state index contributed by atoms with van der Waals surface area (Å²) in [7, 11) is 0. The Bertz CT molecular complexity index is 343. The number of benzene rings is 1. The Morgan fingerprint density at radius 2 is 2.21 bits per heavy atom. The number of rotatable bonds is 2. The number of hydrogen-bond acceptors (Lipinski definition) is 2. The van der Waals surface area contributed by atoms with Gasteiger partial charge in [-0.2, -0.15) is 11.8 Å². The van der Waals surface area contributed by atoms with E-state index in [0.29, 0.717) is 11.5 Å². The fraction of sp³-hybridized carbons (Fsp3) is 0.364. The van der Waals surface area contributed by atoms with E-state index in [2.05, 4.69) is 0 Å². The van der Waals surface area contributed by atoms with Crippen molar-refractivity contribution in [1.82, 2.24) is 0 Å². The van der Waals surface area contributed by atoms with E-state index in [1.54, 1.807) is 12.1 Å². The minimum atomic E-state index is -0.808. The van der Waals surface area contributed by atoms with Crippen molar-refractivity contribution < 1.29 is 9.90 Å². The lowest BCUT2D eigenvalue weighted by Gasteiger charge is -2.11. The maximum absolute atomic E-state index is 11.0. The van der Waals surface area contributed by atoms with Crippen molar-refractivity contribution in [3.63, 3.8) is 0 Å². The first-order valence-electron chi connectivity index (χ1n) is 4.69. The van der Waals surface area contributed by atoms with E-state index >= 15 is 0 Å². The maximum Gasteiger partial charge on any atom is 0.335 e. The van der Waals surface area contributed by atoms with Crippen LogP contribution < -0.4 is 0 Å². The molecule has 0 bridgehead atoms. The second-order valence-electron chi connectivity index (χ2n) is 3.45. The SMILES string of the molecule is O=C(O)c1ccccc1C1CCSC1. The fourth-order valence-corrected chi connectivity index (χ4v) is 3.08. The minimum absolute atomic E-state index is 0.437. The molecule has 0 spiro atoms. The Labute approximate surface area is 87.3 Å². The lowest BCUT2D eigenvalue weighted by Crippen LogP contribution is -2.06. The highest BCUT2D eigenvalue weighted by Crippen LogP contribution is 2.33. The molecule has 0 radical (unpaired) electrons. The molecular weight excluding hydrogens is 196 g/mol. The second-order valence-corrected chi connectivity index (χ2v) is 4.60. The Balaban J connectivity index is 2.35. The average Bonchev–Trinajstić information content (AvgIpc) is 2.70. The molecule has 1 aromatic carbocycles. The summed E-state index contributed by atoms with van der Waals surface area (Å²) in [6, 6.07) is 7.35. The molecule has 1 atom stereocenters. The third-order valence-corrected chi connectivity index (χ3v) is 3.72. The summed E-state index contributed by atoms with van der Waals surface area (Å²) >= 11 is 1.90. The van der Waals surface area contributed by atoms with Gasteiger partial charge in [-0.3, -0.25) is 0 Å². The van der Waals surface area contributed by atoms with Gasteiger partial charge in [0.25, 0.3) is 0 Å². The summed E-state index contributed by atoms with van der Waals surface area (Å²) in [4.78, 5) is 11.0. The smallest absolute Gasteiger partial charge is 0.335 e. The molecule has 74 valence electrons. The molecule has 1 unspecified atom stereocenters. The van der Waals surface area contributed by atoms with Gasteiger partial charge < -0.3 is 5.11 Å². The van der Waals surface area contributed by atoms with Crippen LogP contribution in [0.25, 0.3) is 0 Å². The van der Waals surface area contributed by atoms with E-state index in [1.807, 2.05) is 23.9 Å². The Hall–Kier alpha value is -0.960. The highest BCUT2D eigenvalue weighted by molar-refractivity contribution is 7.99. The van der Waals surface area contributed by atoms with Crippen molar-refractivity contribution in [3.8, 4) is 0 Å². The van der Waals surface area contributed by atoms with Crippen LogP contribution in [0.15, 0.2) is 24.3 Å². The monoisotopic (exact) mass is 208 g/mol. The lowest BCUT2D eigenvalue weighted by molar-refractivity contribution is 0.0695. The minimum Gasteiger partial charge on any atom is -0.478 e. The predicted octanol–water partition coefficient (Wildman–Crippen LogP) is 2.61. The zero-order valence-corrected chi connectivity index (χ0v) is 8.59. The molecule has 1 heterocycles. The van der Waals surface area contributed by atoms with E-state index in [9.17, 15) is 4.79 Å². The summed E-state index contributed by atoms with van der Waals surface area (Å²) in [6.07, 6.45) is 1.11. The van der Waals surface area contributed by atoms with E-state index in [1.165, 1.54) is 0 Å². The first-order valence-corrected chi connectivity index (χ1v) is 5.84. The van der Waals surface area contributed by atoms with Crippen LogP contribution >= 0.6 is 11.8 Å². The summed E-state index contributed by atoms with van der Waals surface area (Å²) < 4.78 is 0. The van der Waals surface area contributed by atoms with Crippen molar-refractivity contribution >= 4 is 17.7 Å². The first kappa shape index (κ1) is 9.59. The number of thioether (sulfide) groups is 1. The standard InChI is InChI=1S/C11H12O2S/c12-11(13)10-4-2-1-3-9(10)8-5-6-14-7-8/h1-4,8H,5-7H2,(H,12,13). The van der Waals surface area contributed by atoms with Crippen molar-refractivity contribution in [3.05, 3.63) is 35.4 Å². The molecular formula is C11H12O2S. The van der Waals surface area contributed by atoms with Crippen molar-refractivity contribution in [1.29, 1.82) is 0 Å². The number of hydrogen-bond donors (Lipinski definition) is 1. The third kappa shape index (κ3) is 1.77. The first-order chi connectivity index (χ1) is 6.79. The molecule has 0 aromatic heterocycles. The van der Waals surface area contributed by atoms with Gasteiger partial charge in [0, 0.05) is 5.75 Å². The molecule has 0 saturated carbocycles. The van der Waals surface area contributed by atoms with Gasteiger partial charge in [0.15, 0.2) is 0 Å². The van der Waals surface area contributed by atoms with Gasteiger partial charge in [-0.15, -0.1) is 0 Å². The van der Waals surface area contributed by atoms with Crippen LogP contribution in [-0.2, 0) is 0 Å². The molecule has 0 amide bonds. The van der Waals surface area contributed by atoms with E-state index in [0.717, 1.165) is 23.5 Å². The van der Waals surface area contributed by atoms with Crippen molar-refractivity contribution in [2.24, 2.45) is 0 Å². The van der Waals surface area contributed by atoms with Gasteiger partial charge in [0.2, 0.25) is 0 Å². The quantitative estimate of drug-likeness (QED) is 0.811. The molecule has 2 nitrogen and oxygen atoms in total. The van der Waals surface area contributed by atoms with Gasteiger partial charge in [0.05, 0.1) is 5.56 Å². The summed E-state index contributed by atoms with van der Waals surface area (Å²) in [5.41, 5.74) is 1.48. The molecule has 1 N–H and O–H groups in total. The molecule has 1 fully saturated rings.